The molecule has 0 aliphatic carbocycles. The summed E-state index contributed by atoms with van der Waals surface area (Å²) >= 11 is 0. The standard InChI is InChI=1S/C12H22N4O/c1-12(2,9-13)5-6-16-11(17)7-10(8-14-16)15(3)4/h7-8H,5-6,9,13H2,1-4H3. The molecule has 0 amide bonds. The molecule has 0 atom stereocenters. The number of hydrogen-bond acceptors (Lipinski definition) is 4. The zero-order valence-corrected chi connectivity index (χ0v) is 11.1. The highest BCUT2D eigenvalue weighted by molar-refractivity contribution is 5.40. The number of nitrogens with two attached hydrogens (primary N) is 1. The molecule has 0 aliphatic heterocycles. The zero-order chi connectivity index (χ0) is 13.1. The summed E-state index contributed by atoms with van der Waals surface area (Å²) < 4.78 is 1.49. The fraction of sp³-hybridized carbons (Fsp3) is 0.667. The molecule has 0 aromatic carbocycles. The second kappa shape index (κ2) is 5.31. The summed E-state index contributed by atoms with van der Waals surface area (Å²) in [5.74, 6) is 0. The maximum Gasteiger partial charge on any atom is 0.268 e. The van der Waals surface area contributed by atoms with Crippen LogP contribution in [0.25, 0.3) is 0 Å². The molecular weight excluding hydrogens is 216 g/mol. The van der Waals surface area contributed by atoms with Gasteiger partial charge in [-0.05, 0) is 18.4 Å². The van der Waals surface area contributed by atoms with Gasteiger partial charge in [0.1, 0.15) is 0 Å². The highest BCUT2D eigenvalue weighted by Gasteiger charge is 2.15. The first kappa shape index (κ1) is 13.7. The summed E-state index contributed by atoms with van der Waals surface area (Å²) in [7, 11) is 3.77. The van der Waals surface area contributed by atoms with Crippen molar-refractivity contribution >= 4 is 5.69 Å². The van der Waals surface area contributed by atoms with Gasteiger partial charge in [-0.2, -0.15) is 5.10 Å². The molecule has 1 heterocycles. The van der Waals surface area contributed by atoms with E-state index in [1.54, 1.807) is 12.3 Å². The van der Waals surface area contributed by atoms with E-state index in [-0.39, 0.29) is 11.0 Å². The first-order valence-electron chi connectivity index (χ1n) is 5.80. The van der Waals surface area contributed by atoms with E-state index in [0.717, 1.165) is 12.1 Å². The van der Waals surface area contributed by atoms with Gasteiger partial charge in [0.15, 0.2) is 0 Å². The van der Waals surface area contributed by atoms with Crippen molar-refractivity contribution in [2.45, 2.75) is 26.8 Å². The largest absolute Gasteiger partial charge is 0.376 e. The average Bonchev–Trinajstić information content (AvgIpc) is 2.27. The molecule has 0 saturated carbocycles. The second-order valence-corrected chi connectivity index (χ2v) is 5.29. The van der Waals surface area contributed by atoms with Crippen LogP contribution in [0.3, 0.4) is 0 Å². The van der Waals surface area contributed by atoms with E-state index >= 15 is 0 Å². The number of rotatable bonds is 5. The van der Waals surface area contributed by atoms with Gasteiger partial charge in [-0.3, -0.25) is 4.79 Å². The SMILES string of the molecule is CN(C)c1cnn(CCC(C)(C)CN)c(=O)c1. The predicted molar refractivity (Wildman–Crippen MR) is 70.3 cm³/mol. The van der Waals surface area contributed by atoms with E-state index in [2.05, 4.69) is 18.9 Å². The third-order valence-corrected chi connectivity index (χ3v) is 2.92. The molecule has 5 nitrogen and oxygen atoms in total. The lowest BCUT2D eigenvalue weighted by molar-refractivity contribution is 0.313. The molecule has 0 radical (unpaired) electrons. The van der Waals surface area contributed by atoms with E-state index in [0.29, 0.717) is 13.1 Å². The molecule has 0 aliphatic rings. The normalized spacial score (nSPS) is 11.6. The van der Waals surface area contributed by atoms with Gasteiger partial charge in [-0.1, -0.05) is 13.8 Å². The van der Waals surface area contributed by atoms with Crippen LogP contribution in [0.15, 0.2) is 17.1 Å². The fourth-order valence-corrected chi connectivity index (χ4v) is 1.35. The Kier molecular flexibility index (Phi) is 4.28. The van der Waals surface area contributed by atoms with Gasteiger partial charge < -0.3 is 10.6 Å². The van der Waals surface area contributed by atoms with Gasteiger partial charge in [0.05, 0.1) is 11.9 Å². The molecule has 0 saturated heterocycles. The van der Waals surface area contributed by atoms with Crippen molar-refractivity contribution < 1.29 is 0 Å². The van der Waals surface area contributed by atoms with Crippen LogP contribution in [0.2, 0.25) is 0 Å². The summed E-state index contributed by atoms with van der Waals surface area (Å²) in [5.41, 5.74) is 6.46. The quantitative estimate of drug-likeness (QED) is 0.819. The van der Waals surface area contributed by atoms with E-state index in [9.17, 15) is 4.79 Å². The van der Waals surface area contributed by atoms with Crippen LogP contribution in [-0.4, -0.2) is 30.4 Å². The maximum atomic E-state index is 11.8. The van der Waals surface area contributed by atoms with Crippen molar-refractivity contribution in [3.63, 3.8) is 0 Å². The minimum Gasteiger partial charge on any atom is -0.376 e. The lowest BCUT2D eigenvalue weighted by atomic mass is 9.90. The van der Waals surface area contributed by atoms with Crippen LogP contribution < -0.4 is 16.2 Å². The van der Waals surface area contributed by atoms with Crippen LogP contribution in [-0.2, 0) is 6.54 Å². The molecule has 1 aromatic rings. The predicted octanol–water partition coefficient (Wildman–Crippen LogP) is 0.684. The summed E-state index contributed by atoms with van der Waals surface area (Å²) in [6.45, 7) is 5.40. The van der Waals surface area contributed by atoms with Crippen LogP contribution >= 0.6 is 0 Å². The lowest BCUT2D eigenvalue weighted by Crippen LogP contribution is -2.29. The summed E-state index contributed by atoms with van der Waals surface area (Å²) in [6.07, 6.45) is 2.55. The minimum absolute atomic E-state index is 0.0430. The Morgan fingerprint density at radius 2 is 2.12 bits per heavy atom. The fourth-order valence-electron chi connectivity index (χ4n) is 1.35. The van der Waals surface area contributed by atoms with E-state index in [1.165, 1.54) is 4.68 Å². The number of anilines is 1. The van der Waals surface area contributed by atoms with Crippen LogP contribution in [0.5, 0.6) is 0 Å². The van der Waals surface area contributed by atoms with Gasteiger partial charge in [-0.25, -0.2) is 4.68 Å². The maximum absolute atomic E-state index is 11.8. The topological polar surface area (TPSA) is 64.2 Å². The Bertz CT molecular complexity index is 423. The molecule has 96 valence electrons. The first-order chi connectivity index (χ1) is 7.85. The Morgan fingerprint density at radius 3 is 2.59 bits per heavy atom. The van der Waals surface area contributed by atoms with E-state index in [4.69, 9.17) is 5.73 Å². The number of nitrogens with zero attached hydrogens (tertiary/aromatic N) is 3. The molecule has 0 spiro atoms. The smallest absolute Gasteiger partial charge is 0.268 e. The van der Waals surface area contributed by atoms with Gasteiger partial charge in [0.2, 0.25) is 0 Å². The molecule has 17 heavy (non-hydrogen) atoms. The Labute approximate surface area is 102 Å². The molecular formula is C12H22N4O. The van der Waals surface area contributed by atoms with Crippen molar-refractivity contribution in [2.24, 2.45) is 11.1 Å². The highest BCUT2D eigenvalue weighted by Crippen LogP contribution is 2.18. The van der Waals surface area contributed by atoms with E-state index in [1.807, 2.05) is 19.0 Å². The van der Waals surface area contributed by atoms with Crippen molar-refractivity contribution in [1.29, 1.82) is 0 Å². The molecule has 1 aromatic heterocycles. The third kappa shape index (κ3) is 3.85. The third-order valence-electron chi connectivity index (χ3n) is 2.92. The van der Waals surface area contributed by atoms with Crippen molar-refractivity contribution in [1.82, 2.24) is 9.78 Å². The monoisotopic (exact) mass is 238 g/mol. The second-order valence-electron chi connectivity index (χ2n) is 5.29. The number of aromatic nitrogens is 2. The molecule has 0 unspecified atom stereocenters. The summed E-state index contributed by atoms with van der Waals surface area (Å²) in [4.78, 5) is 13.7. The average molecular weight is 238 g/mol. The van der Waals surface area contributed by atoms with Gasteiger partial charge in [0.25, 0.3) is 5.56 Å². The Morgan fingerprint density at radius 1 is 1.47 bits per heavy atom. The molecule has 5 heteroatoms. The molecule has 2 N–H and O–H groups in total. The van der Waals surface area contributed by atoms with E-state index < -0.39 is 0 Å². The van der Waals surface area contributed by atoms with Crippen molar-refractivity contribution in [3.05, 3.63) is 22.6 Å². The lowest BCUT2D eigenvalue weighted by Gasteiger charge is -2.22. The Hall–Kier alpha value is -1.36. The van der Waals surface area contributed by atoms with Crippen LogP contribution in [0, 0.1) is 5.41 Å². The number of aryl methyl sites for hydroxylation is 1. The molecule has 1 rings (SSSR count). The first-order valence-corrected chi connectivity index (χ1v) is 5.80. The van der Waals surface area contributed by atoms with Gasteiger partial charge >= 0.3 is 0 Å². The van der Waals surface area contributed by atoms with Gasteiger partial charge in [0, 0.05) is 26.7 Å². The Balaban J connectivity index is 2.77. The summed E-state index contributed by atoms with van der Waals surface area (Å²) in [6, 6.07) is 1.60. The number of hydrogen-bond donors (Lipinski definition) is 1. The summed E-state index contributed by atoms with van der Waals surface area (Å²) in [5, 5.41) is 4.16. The minimum atomic E-state index is -0.0657. The van der Waals surface area contributed by atoms with Crippen LogP contribution in [0.1, 0.15) is 20.3 Å². The molecule has 0 fully saturated rings. The van der Waals surface area contributed by atoms with Crippen LogP contribution in [0.4, 0.5) is 5.69 Å². The molecule has 0 bridgehead atoms. The highest BCUT2D eigenvalue weighted by atomic mass is 16.1. The van der Waals surface area contributed by atoms with Crippen molar-refractivity contribution in [2.75, 3.05) is 25.5 Å². The van der Waals surface area contributed by atoms with Crippen molar-refractivity contribution in [3.8, 4) is 0 Å². The van der Waals surface area contributed by atoms with Gasteiger partial charge in [-0.15, -0.1) is 0 Å². The zero-order valence-electron chi connectivity index (χ0n) is 11.1.